The van der Waals surface area contributed by atoms with Gasteiger partial charge in [-0.25, -0.2) is 0 Å². The maximum Gasteiger partial charge on any atom is 0.223 e. The van der Waals surface area contributed by atoms with E-state index in [2.05, 4.69) is 10.2 Å². The SMILES string of the molecule is O=C(NC1CCN(C2CC2)CC1)C1CC2CC2C1. The van der Waals surface area contributed by atoms with Crippen molar-refractivity contribution in [3.63, 3.8) is 0 Å². The molecule has 3 saturated carbocycles. The van der Waals surface area contributed by atoms with Gasteiger partial charge in [0, 0.05) is 31.1 Å². The van der Waals surface area contributed by atoms with E-state index >= 15 is 0 Å². The van der Waals surface area contributed by atoms with Crippen molar-refractivity contribution < 1.29 is 4.79 Å². The summed E-state index contributed by atoms with van der Waals surface area (Å²) in [4.78, 5) is 14.8. The zero-order chi connectivity index (χ0) is 12.1. The van der Waals surface area contributed by atoms with E-state index in [-0.39, 0.29) is 0 Å². The lowest BCUT2D eigenvalue weighted by Gasteiger charge is -2.33. The minimum atomic E-state index is 0.357. The van der Waals surface area contributed by atoms with Crippen LogP contribution in [0.15, 0.2) is 0 Å². The third-order valence-corrected chi connectivity index (χ3v) is 5.55. The van der Waals surface area contributed by atoms with E-state index in [4.69, 9.17) is 0 Å². The van der Waals surface area contributed by atoms with Crippen molar-refractivity contribution in [1.82, 2.24) is 10.2 Å². The molecule has 3 heteroatoms. The quantitative estimate of drug-likeness (QED) is 0.825. The van der Waals surface area contributed by atoms with E-state index in [1.54, 1.807) is 0 Å². The van der Waals surface area contributed by atoms with E-state index in [1.165, 1.54) is 58.0 Å². The normalized spacial score (nSPS) is 40.6. The Balaban J connectivity index is 1.23. The van der Waals surface area contributed by atoms with Gasteiger partial charge < -0.3 is 10.2 Å². The largest absolute Gasteiger partial charge is 0.353 e. The molecule has 100 valence electrons. The van der Waals surface area contributed by atoms with Crippen molar-refractivity contribution in [2.75, 3.05) is 13.1 Å². The van der Waals surface area contributed by atoms with Gasteiger partial charge in [-0.1, -0.05) is 0 Å². The number of nitrogens with one attached hydrogen (secondary N) is 1. The van der Waals surface area contributed by atoms with Crippen molar-refractivity contribution >= 4 is 5.91 Å². The van der Waals surface area contributed by atoms with Crippen LogP contribution in [0.2, 0.25) is 0 Å². The molecule has 1 saturated heterocycles. The summed E-state index contributed by atoms with van der Waals surface area (Å²) in [5.74, 6) is 2.55. The second-order valence-electron chi connectivity index (χ2n) is 6.97. The zero-order valence-electron chi connectivity index (χ0n) is 11.1. The summed E-state index contributed by atoms with van der Waals surface area (Å²) in [6.07, 6.45) is 8.91. The van der Waals surface area contributed by atoms with Gasteiger partial charge in [-0.05, 0) is 56.8 Å². The second-order valence-corrected chi connectivity index (χ2v) is 6.97. The minimum absolute atomic E-state index is 0.357. The van der Waals surface area contributed by atoms with Crippen molar-refractivity contribution in [3.8, 4) is 0 Å². The van der Waals surface area contributed by atoms with E-state index in [9.17, 15) is 4.79 Å². The van der Waals surface area contributed by atoms with Crippen LogP contribution in [-0.4, -0.2) is 36.0 Å². The fourth-order valence-electron chi connectivity index (χ4n) is 4.10. The molecule has 2 atom stereocenters. The van der Waals surface area contributed by atoms with Crippen LogP contribution in [0.4, 0.5) is 0 Å². The molecule has 1 N–H and O–H groups in total. The van der Waals surface area contributed by atoms with Gasteiger partial charge in [0.1, 0.15) is 0 Å². The highest BCUT2D eigenvalue weighted by atomic mass is 16.1. The van der Waals surface area contributed by atoms with Crippen molar-refractivity contribution in [2.45, 2.75) is 57.0 Å². The predicted molar refractivity (Wildman–Crippen MR) is 70.1 cm³/mol. The maximum atomic E-state index is 12.2. The van der Waals surface area contributed by atoms with E-state index in [1.807, 2.05) is 0 Å². The highest BCUT2D eigenvalue weighted by Crippen LogP contribution is 2.54. The number of nitrogens with zero attached hydrogens (tertiary/aromatic N) is 1. The lowest BCUT2D eigenvalue weighted by Crippen LogP contribution is -2.46. The lowest BCUT2D eigenvalue weighted by molar-refractivity contribution is -0.126. The highest BCUT2D eigenvalue weighted by Gasteiger charge is 2.48. The van der Waals surface area contributed by atoms with Gasteiger partial charge in [-0.2, -0.15) is 0 Å². The molecule has 1 heterocycles. The number of likely N-dealkylation sites (tertiary alicyclic amines) is 1. The molecule has 0 bridgehead atoms. The average molecular weight is 248 g/mol. The fourth-order valence-corrected chi connectivity index (χ4v) is 4.10. The predicted octanol–water partition coefficient (Wildman–Crippen LogP) is 1.78. The van der Waals surface area contributed by atoms with Gasteiger partial charge in [0.15, 0.2) is 0 Å². The first kappa shape index (κ1) is 11.3. The summed E-state index contributed by atoms with van der Waals surface area (Å²) in [6.45, 7) is 2.40. The van der Waals surface area contributed by atoms with Gasteiger partial charge in [0.25, 0.3) is 0 Å². The zero-order valence-corrected chi connectivity index (χ0v) is 11.1. The first-order valence-electron chi connectivity index (χ1n) is 7.84. The molecule has 0 aromatic heterocycles. The molecular formula is C15H24N2O. The van der Waals surface area contributed by atoms with Gasteiger partial charge in [-0.15, -0.1) is 0 Å². The second kappa shape index (κ2) is 4.22. The Morgan fingerprint density at radius 1 is 0.944 bits per heavy atom. The standard InChI is InChI=1S/C15H24N2O/c18-15(12-8-10-7-11(10)9-12)16-13-3-5-17(6-4-13)14-1-2-14/h10-14H,1-9H2,(H,16,18). The number of hydrogen-bond acceptors (Lipinski definition) is 2. The summed E-state index contributed by atoms with van der Waals surface area (Å²) in [5.41, 5.74) is 0. The number of carbonyl (C=O) groups is 1. The van der Waals surface area contributed by atoms with Gasteiger partial charge in [0.2, 0.25) is 5.91 Å². The van der Waals surface area contributed by atoms with Gasteiger partial charge in [-0.3, -0.25) is 4.79 Å². The molecule has 4 rings (SSSR count). The molecule has 3 nitrogen and oxygen atoms in total. The van der Waals surface area contributed by atoms with Crippen LogP contribution >= 0.6 is 0 Å². The number of rotatable bonds is 3. The van der Waals surface area contributed by atoms with Crippen LogP contribution in [0.5, 0.6) is 0 Å². The first-order chi connectivity index (χ1) is 8.79. The number of hydrogen-bond donors (Lipinski definition) is 1. The van der Waals surface area contributed by atoms with Crippen molar-refractivity contribution in [3.05, 3.63) is 0 Å². The number of piperidine rings is 1. The Morgan fingerprint density at radius 2 is 1.61 bits per heavy atom. The lowest BCUT2D eigenvalue weighted by atomic mass is 10.00. The smallest absolute Gasteiger partial charge is 0.223 e. The third-order valence-electron chi connectivity index (χ3n) is 5.55. The molecule has 4 fully saturated rings. The summed E-state index contributed by atoms with van der Waals surface area (Å²) in [5, 5.41) is 3.32. The van der Waals surface area contributed by atoms with Gasteiger partial charge in [0.05, 0.1) is 0 Å². The fraction of sp³-hybridized carbons (Fsp3) is 0.933. The monoisotopic (exact) mass is 248 g/mol. The van der Waals surface area contributed by atoms with Crippen LogP contribution in [-0.2, 0) is 4.79 Å². The average Bonchev–Trinajstić information content (AvgIpc) is 3.30. The number of amides is 1. The Kier molecular flexibility index (Phi) is 2.65. The Bertz CT molecular complexity index is 334. The summed E-state index contributed by atoms with van der Waals surface area (Å²) in [6, 6.07) is 1.35. The van der Waals surface area contributed by atoms with Crippen LogP contribution < -0.4 is 5.32 Å². The van der Waals surface area contributed by atoms with Gasteiger partial charge >= 0.3 is 0 Å². The van der Waals surface area contributed by atoms with Crippen molar-refractivity contribution in [1.29, 1.82) is 0 Å². The molecule has 4 aliphatic rings. The van der Waals surface area contributed by atoms with Crippen LogP contribution in [0.3, 0.4) is 0 Å². The Morgan fingerprint density at radius 3 is 2.22 bits per heavy atom. The summed E-state index contributed by atoms with van der Waals surface area (Å²) in [7, 11) is 0. The van der Waals surface area contributed by atoms with E-state index in [0.717, 1.165) is 17.9 Å². The number of fused-ring (bicyclic) bond motifs is 1. The molecule has 1 amide bonds. The Labute approximate surface area is 109 Å². The molecule has 3 aliphatic carbocycles. The first-order valence-corrected chi connectivity index (χ1v) is 7.84. The molecule has 18 heavy (non-hydrogen) atoms. The summed E-state index contributed by atoms with van der Waals surface area (Å²) < 4.78 is 0. The van der Waals surface area contributed by atoms with Crippen molar-refractivity contribution in [2.24, 2.45) is 17.8 Å². The molecule has 0 spiro atoms. The van der Waals surface area contributed by atoms with Crippen LogP contribution in [0, 0.1) is 17.8 Å². The molecule has 2 unspecified atom stereocenters. The topological polar surface area (TPSA) is 32.3 Å². The van der Waals surface area contributed by atoms with Crippen LogP contribution in [0.25, 0.3) is 0 Å². The molecular weight excluding hydrogens is 224 g/mol. The number of carbonyl (C=O) groups excluding carboxylic acids is 1. The third kappa shape index (κ3) is 2.18. The van der Waals surface area contributed by atoms with Crippen LogP contribution in [0.1, 0.15) is 44.9 Å². The Hall–Kier alpha value is -0.570. The van der Waals surface area contributed by atoms with E-state index < -0.39 is 0 Å². The maximum absolute atomic E-state index is 12.2. The highest BCUT2D eigenvalue weighted by molar-refractivity contribution is 5.79. The van der Waals surface area contributed by atoms with E-state index in [0.29, 0.717) is 17.9 Å². The molecule has 0 aromatic rings. The summed E-state index contributed by atoms with van der Waals surface area (Å²) >= 11 is 0. The molecule has 0 aromatic carbocycles. The molecule has 0 radical (unpaired) electrons. The molecule has 1 aliphatic heterocycles. The minimum Gasteiger partial charge on any atom is -0.353 e.